The van der Waals surface area contributed by atoms with Gasteiger partial charge in [0.15, 0.2) is 23.1 Å². The van der Waals surface area contributed by atoms with E-state index >= 15 is 0 Å². The van der Waals surface area contributed by atoms with Gasteiger partial charge in [-0.1, -0.05) is 6.07 Å². The second-order valence-corrected chi connectivity index (χ2v) is 5.22. The summed E-state index contributed by atoms with van der Waals surface area (Å²) in [6.07, 6.45) is 0.0503. The largest absolute Gasteiger partial charge is 0.494 e. The topological polar surface area (TPSA) is 56.8 Å². The molecule has 1 amide bonds. The minimum absolute atomic E-state index is 0.0503. The Morgan fingerprint density at radius 2 is 1.62 bits per heavy atom. The van der Waals surface area contributed by atoms with Crippen molar-refractivity contribution in [2.75, 3.05) is 26.6 Å². The van der Waals surface area contributed by atoms with E-state index in [4.69, 9.17) is 14.2 Å². The number of ether oxygens (including phenoxy) is 3. The molecular weight excluding hydrogens is 313 g/mol. The molecular formula is C18H20FNO4. The number of hydrogen-bond donors (Lipinski definition) is 1. The summed E-state index contributed by atoms with van der Waals surface area (Å²) >= 11 is 0. The molecule has 0 unspecified atom stereocenters. The predicted octanol–water partition coefficient (Wildman–Crippen LogP) is 3.34. The molecule has 0 bridgehead atoms. The second kappa shape index (κ2) is 7.68. The van der Waals surface area contributed by atoms with Crippen molar-refractivity contribution in [3.05, 3.63) is 47.3 Å². The van der Waals surface area contributed by atoms with Crippen LogP contribution in [-0.2, 0) is 11.2 Å². The molecule has 0 aliphatic rings. The zero-order chi connectivity index (χ0) is 17.7. The van der Waals surface area contributed by atoms with Crippen molar-refractivity contribution in [3.63, 3.8) is 0 Å². The molecule has 0 spiro atoms. The third-order valence-corrected chi connectivity index (χ3v) is 3.59. The number of anilines is 1. The van der Waals surface area contributed by atoms with E-state index < -0.39 is 5.82 Å². The molecule has 0 aliphatic carbocycles. The molecule has 5 nitrogen and oxygen atoms in total. The molecule has 0 fully saturated rings. The molecule has 0 atom stereocenters. The number of carbonyl (C=O) groups excluding carboxylic acids is 1. The van der Waals surface area contributed by atoms with Crippen molar-refractivity contribution in [2.45, 2.75) is 13.3 Å². The van der Waals surface area contributed by atoms with Crippen LogP contribution in [0, 0.1) is 12.7 Å². The van der Waals surface area contributed by atoms with Gasteiger partial charge in [0.2, 0.25) is 5.91 Å². The van der Waals surface area contributed by atoms with E-state index in [9.17, 15) is 9.18 Å². The Labute approximate surface area is 140 Å². The molecule has 24 heavy (non-hydrogen) atoms. The Bertz CT molecular complexity index is 746. The lowest BCUT2D eigenvalue weighted by atomic mass is 10.1. The van der Waals surface area contributed by atoms with Crippen LogP contribution in [0.5, 0.6) is 17.2 Å². The molecule has 6 heteroatoms. The van der Waals surface area contributed by atoms with E-state index in [0.717, 1.165) is 5.56 Å². The third-order valence-electron chi connectivity index (χ3n) is 3.59. The number of benzene rings is 2. The van der Waals surface area contributed by atoms with Crippen LogP contribution in [0.1, 0.15) is 11.1 Å². The van der Waals surface area contributed by atoms with Gasteiger partial charge in [-0.15, -0.1) is 0 Å². The standard InChI is InChI=1S/C18H20FNO4/c1-11-7-16(23-3)17(24-4)10-14(11)20-18(21)9-12-5-6-15(22-2)13(19)8-12/h5-8,10H,9H2,1-4H3,(H,20,21). The lowest BCUT2D eigenvalue weighted by molar-refractivity contribution is -0.115. The molecule has 0 heterocycles. The van der Waals surface area contributed by atoms with Gasteiger partial charge in [0.25, 0.3) is 0 Å². The minimum atomic E-state index is -0.495. The monoisotopic (exact) mass is 333 g/mol. The minimum Gasteiger partial charge on any atom is -0.494 e. The molecule has 0 aromatic heterocycles. The summed E-state index contributed by atoms with van der Waals surface area (Å²) in [5.41, 5.74) is 2.01. The second-order valence-electron chi connectivity index (χ2n) is 5.22. The summed E-state index contributed by atoms with van der Waals surface area (Å²) in [4.78, 5) is 12.2. The highest BCUT2D eigenvalue weighted by molar-refractivity contribution is 5.93. The Hall–Kier alpha value is -2.76. The first-order chi connectivity index (χ1) is 11.5. The number of amides is 1. The summed E-state index contributed by atoms with van der Waals surface area (Å²) in [5.74, 6) is 0.508. The summed E-state index contributed by atoms with van der Waals surface area (Å²) in [5, 5.41) is 2.80. The van der Waals surface area contributed by atoms with Crippen LogP contribution in [0.25, 0.3) is 0 Å². The van der Waals surface area contributed by atoms with Crippen molar-refractivity contribution < 1.29 is 23.4 Å². The number of hydrogen-bond acceptors (Lipinski definition) is 4. The van der Waals surface area contributed by atoms with E-state index in [1.807, 2.05) is 6.92 Å². The molecule has 128 valence electrons. The molecule has 0 saturated carbocycles. The number of aryl methyl sites for hydroxylation is 1. The van der Waals surface area contributed by atoms with Gasteiger partial charge in [-0.05, 0) is 36.2 Å². The molecule has 0 aliphatic heterocycles. The first kappa shape index (κ1) is 17.6. The van der Waals surface area contributed by atoms with Gasteiger partial charge in [-0.3, -0.25) is 4.79 Å². The van der Waals surface area contributed by atoms with Gasteiger partial charge in [0, 0.05) is 11.8 Å². The first-order valence-electron chi connectivity index (χ1n) is 7.33. The maximum absolute atomic E-state index is 13.7. The Kier molecular flexibility index (Phi) is 5.63. The van der Waals surface area contributed by atoms with Crippen LogP contribution in [-0.4, -0.2) is 27.2 Å². The Balaban J connectivity index is 2.13. The van der Waals surface area contributed by atoms with Crippen molar-refractivity contribution >= 4 is 11.6 Å². The molecule has 2 aromatic rings. The normalized spacial score (nSPS) is 10.2. The SMILES string of the molecule is COc1ccc(CC(=O)Nc2cc(OC)c(OC)cc2C)cc1F. The highest BCUT2D eigenvalue weighted by Crippen LogP contribution is 2.33. The van der Waals surface area contributed by atoms with E-state index in [0.29, 0.717) is 22.7 Å². The van der Waals surface area contributed by atoms with Crippen LogP contribution in [0.2, 0.25) is 0 Å². The van der Waals surface area contributed by atoms with Crippen molar-refractivity contribution in [1.29, 1.82) is 0 Å². The molecule has 0 radical (unpaired) electrons. The molecule has 2 aromatic carbocycles. The number of halogens is 1. The van der Waals surface area contributed by atoms with Gasteiger partial charge in [-0.2, -0.15) is 0 Å². The number of nitrogens with one attached hydrogen (secondary N) is 1. The average molecular weight is 333 g/mol. The van der Waals surface area contributed by atoms with E-state index in [2.05, 4.69) is 5.32 Å². The van der Waals surface area contributed by atoms with Gasteiger partial charge in [0.1, 0.15) is 0 Å². The molecule has 0 saturated heterocycles. The lowest BCUT2D eigenvalue weighted by Crippen LogP contribution is -2.15. The molecule has 1 N–H and O–H groups in total. The van der Waals surface area contributed by atoms with Crippen molar-refractivity contribution in [3.8, 4) is 17.2 Å². The average Bonchev–Trinajstić information content (AvgIpc) is 2.56. The fourth-order valence-electron chi connectivity index (χ4n) is 2.31. The van der Waals surface area contributed by atoms with E-state index in [-0.39, 0.29) is 18.1 Å². The fourth-order valence-corrected chi connectivity index (χ4v) is 2.31. The van der Waals surface area contributed by atoms with Crippen LogP contribution < -0.4 is 19.5 Å². The zero-order valence-electron chi connectivity index (χ0n) is 14.1. The Morgan fingerprint density at radius 1 is 1.00 bits per heavy atom. The van der Waals surface area contributed by atoms with Crippen LogP contribution >= 0.6 is 0 Å². The maximum Gasteiger partial charge on any atom is 0.228 e. The molecule has 2 rings (SSSR count). The highest BCUT2D eigenvalue weighted by atomic mass is 19.1. The smallest absolute Gasteiger partial charge is 0.228 e. The van der Waals surface area contributed by atoms with Crippen LogP contribution in [0.15, 0.2) is 30.3 Å². The fraction of sp³-hybridized carbons (Fsp3) is 0.278. The van der Waals surface area contributed by atoms with Crippen molar-refractivity contribution in [1.82, 2.24) is 0 Å². The van der Waals surface area contributed by atoms with Crippen LogP contribution in [0.3, 0.4) is 0 Å². The highest BCUT2D eigenvalue weighted by Gasteiger charge is 2.12. The van der Waals surface area contributed by atoms with E-state index in [1.54, 1.807) is 25.3 Å². The third kappa shape index (κ3) is 3.95. The van der Waals surface area contributed by atoms with Gasteiger partial charge < -0.3 is 19.5 Å². The van der Waals surface area contributed by atoms with Gasteiger partial charge in [0.05, 0.1) is 27.8 Å². The van der Waals surface area contributed by atoms with Gasteiger partial charge >= 0.3 is 0 Å². The predicted molar refractivity (Wildman–Crippen MR) is 89.6 cm³/mol. The summed E-state index contributed by atoms with van der Waals surface area (Å²) in [6, 6.07) is 7.92. The maximum atomic E-state index is 13.7. The van der Waals surface area contributed by atoms with Gasteiger partial charge in [-0.25, -0.2) is 4.39 Å². The Morgan fingerprint density at radius 3 is 2.21 bits per heavy atom. The summed E-state index contributed by atoms with van der Waals surface area (Å²) in [6.45, 7) is 1.85. The van der Waals surface area contributed by atoms with E-state index in [1.165, 1.54) is 26.4 Å². The lowest BCUT2D eigenvalue weighted by Gasteiger charge is -2.14. The first-order valence-corrected chi connectivity index (χ1v) is 7.33. The van der Waals surface area contributed by atoms with Crippen molar-refractivity contribution in [2.24, 2.45) is 0 Å². The number of methoxy groups -OCH3 is 3. The zero-order valence-corrected chi connectivity index (χ0v) is 14.1. The number of carbonyl (C=O) groups is 1. The summed E-state index contributed by atoms with van der Waals surface area (Å²) < 4.78 is 29.0. The van der Waals surface area contributed by atoms with Crippen LogP contribution in [0.4, 0.5) is 10.1 Å². The number of rotatable bonds is 6. The quantitative estimate of drug-likeness (QED) is 0.881. The summed E-state index contributed by atoms with van der Waals surface area (Å²) in [7, 11) is 4.47.